The van der Waals surface area contributed by atoms with Crippen LogP contribution in [0.5, 0.6) is 0 Å². The Balaban J connectivity index is 1.64. The molecule has 1 aromatic heterocycles. The van der Waals surface area contributed by atoms with Crippen LogP contribution in [0.25, 0.3) is 16.6 Å². The highest BCUT2D eigenvalue weighted by Gasteiger charge is 2.19. The van der Waals surface area contributed by atoms with Crippen molar-refractivity contribution < 1.29 is 9.59 Å². The summed E-state index contributed by atoms with van der Waals surface area (Å²) < 4.78 is 2.42. The van der Waals surface area contributed by atoms with Gasteiger partial charge in [-0.3, -0.25) is 19.0 Å². The van der Waals surface area contributed by atoms with Crippen LogP contribution in [0, 0.1) is 0 Å². The van der Waals surface area contributed by atoms with Gasteiger partial charge in [-0.2, -0.15) is 0 Å². The second-order valence-corrected chi connectivity index (χ2v) is 9.30. The van der Waals surface area contributed by atoms with Crippen LogP contribution >= 0.6 is 0 Å². The first kappa shape index (κ1) is 24.4. The van der Waals surface area contributed by atoms with E-state index in [1.54, 1.807) is 48.5 Å². The molecule has 0 unspecified atom stereocenters. The van der Waals surface area contributed by atoms with Crippen molar-refractivity contribution in [2.75, 3.05) is 0 Å². The summed E-state index contributed by atoms with van der Waals surface area (Å²) in [4.78, 5) is 51.6. The fourth-order valence-corrected chi connectivity index (χ4v) is 4.56. The normalized spacial score (nSPS) is 14.7. The highest BCUT2D eigenvalue weighted by Crippen LogP contribution is 2.18. The summed E-state index contributed by atoms with van der Waals surface area (Å²) in [7, 11) is 0. The lowest BCUT2D eigenvalue weighted by Crippen LogP contribution is -2.43. The van der Waals surface area contributed by atoms with Crippen molar-refractivity contribution in [3.63, 3.8) is 0 Å². The summed E-state index contributed by atoms with van der Waals surface area (Å²) in [6.45, 7) is 3.67. The molecule has 1 aliphatic carbocycles. The van der Waals surface area contributed by atoms with Gasteiger partial charge in [0.25, 0.3) is 5.56 Å². The van der Waals surface area contributed by atoms with E-state index in [0.717, 1.165) is 42.2 Å². The van der Waals surface area contributed by atoms with Gasteiger partial charge in [-0.05, 0) is 56.0 Å². The number of hydrogen-bond donors (Lipinski definition) is 2. The molecule has 1 heterocycles. The summed E-state index contributed by atoms with van der Waals surface area (Å²) in [5, 5.41) is 6.29. The second-order valence-electron chi connectivity index (χ2n) is 9.30. The molecule has 3 aromatic rings. The molecule has 2 aromatic carbocycles. The number of para-hydroxylation sites is 1. The van der Waals surface area contributed by atoms with Crippen LogP contribution in [0.1, 0.15) is 51.5 Å². The summed E-state index contributed by atoms with van der Waals surface area (Å²) >= 11 is 0. The summed E-state index contributed by atoms with van der Waals surface area (Å²) in [6, 6.07) is 13.9. The van der Waals surface area contributed by atoms with Crippen LogP contribution in [-0.4, -0.2) is 33.0 Å². The number of fused-ring (bicyclic) bond motifs is 1. The lowest BCUT2D eigenvalue weighted by molar-refractivity contribution is -0.122. The average Bonchev–Trinajstić information content (AvgIpc) is 3.35. The third kappa shape index (κ3) is 5.53. The first-order valence-corrected chi connectivity index (χ1v) is 12.3. The van der Waals surface area contributed by atoms with E-state index in [-0.39, 0.29) is 36.9 Å². The molecule has 2 N–H and O–H groups in total. The quantitative estimate of drug-likeness (QED) is 0.522. The Morgan fingerprint density at radius 2 is 1.69 bits per heavy atom. The first-order valence-electron chi connectivity index (χ1n) is 12.3. The highest BCUT2D eigenvalue weighted by atomic mass is 16.2. The van der Waals surface area contributed by atoms with E-state index in [9.17, 15) is 19.2 Å². The molecule has 0 saturated heterocycles. The van der Waals surface area contributed by atoms with Crippen molar-refractivity contribution in [1.82, 2.24) is 19.8 Å². The molecular weight excluding hydrogens is 444 g/mol. The SMILES string of the molecule is CC[C@H](C)NC(=O)Cn1c(=O)n(-c2ccc(CC(=O)NC3CCCC3)cc2)c(=O)c2ccccc21. The van der Waals surface area contributed by atoms with E-state index < -0.39 is 11.2 Å². The number of rotatable bonds is 8. The zero-order chi connectivity index (χ0) is 24.9. The molecule has 35 heavy (non-hydrogen) atoms. The number of hydrogen-bond acceptors (Lipinski definition) is 4. The third-order valence-corrected chi connectivity index (χ3v) is 6.65. The van der Waals surface area contributed by atoms with Crippen LogP contribution in [0.4, 0.5) is 0 Å². The molecule has 0 aliphatic heterocycles. The Labute approximate surface area is 204 Å². The topological polar surface area (TPSA) is 102 Å². The number of nitrogens with one attached hydrogen (secondary N) is 2. The van der Waals surface area contributed by atoms with Crippen LogP contribution in [0.2, 0.25) is 0 Å². The molecule has 8 heteroatoms. The lowest BCUT2D eigenvalue weighted by Gasteiger charge is -2.16. The molecule has 4 rings (SSSR count). The molecule has 1 fully saturated rings. The van der Waals surface area contributed by atoms with Gasteiger partial charge >= 0.3 is 5.69 Å². The third-order valence-electron chi connectivity index (χ3n) is 6.65. The Morgan fingerprint density at radius 3 is 2.37 bits per heavy atom. The van der Waals surface area contributed by atoms with Gasteiger partial charge < -0.3 is 10.6 Å². The molecule has 0 bridgehead atoms. The minimum atomic E-state index is -0.584. The van der Waals surface area contributed by atoms with Crippen molar-refractivity contribution in [2.24, 2.45) is 0 Å². The Hall–Kier alpha value is -3.68. The number of nitrogens with zero attached hydrogens (tertiary/aromatic N) is 2. The van der Waals surface area contributed by atoms with E-state index in [2.05, 4.69) is 10.6 Å². The molecule has 0 radical (unpaired) electrons. The number of carbonyl (C=O) groups is 2. The minimum Gasteiger partial charge on any atom is -0.353 e. The number of benzene rings is 2. The number of carbonyl (C=O) groups excluding carboxylic acids is 2. The standard InChI is InChI=1S/C27H32N4O4/c1-3-18(2)28-25(33)17-30-23-11-7-6-10-22(23)26(34)31(27(30)35)21-14-12-19(13-15-21)16-24(32)29-20-8-4-5-9-20/h6-7,10-15,18,20H,3-5,8-9,16-17H2,1-2H3,(H,28,33)(H,29,32)/t18-/m0/s1. The maximum atomic E-state index is 13.4. The average molecular weight is 477 g/mol. The molecule has 2 amide bonds. The molecule has 0 spiro atoms. The van der Waals surface area contributed by atoms with Gasteiger partial charge in [0.15, 0.2) is 0 Å². The van der Waals surface area contributed by atoms with Gasteiger partial charge in [-0.1, -0.05) is 44.0 Å². The Morgan fingerprint density at radius 1 is 1.00 bits per heavy atom. The molecule has 1 saturated carbocycles. The van der Waals surface area contributed by atoms with Gasteiger partial charge in [-0.25, -0.2) is 9.36 Å². The van der Waals surface area contributed by atoms with Crippen LogP contribution in [0.3, 0.4) is 0 Å². The number of aromatic nitrogens is 2. The van der Waals surface area contributed by atoms with Crippen LogP contribution in [-0.2, 0) is 22.6 Å². The van der Waals surface area contributed by atoms with Crippen molar-refractivity contribution in [1.29, 1.82) is 0 Å². The van der Waals surface area contributed by atoms with E-state index >= 15 is 0 Å². The van der Waals surface area contributed by atoms with E-state index in [1.165, 1.54) is 4.57 Å². The van der Waals surface area contributed by atoms with Gasteiger partial charge in [0, 0.05) is 12.1 Å². The van der Waals surface area contributed by atoms with E-state index in [4.69, 9.17) is 0 Å². The van der Waals surface area contributed by atoms with Gasteiger partial charge in [0.1, 0.15) is 6.54 Å². The smallest absolute Gasteiger partial charge is 0.336 e. The predicted molar refractivity (Wildman–Crippen MR) is 136 cm³/mol. The zero-order valence-corrected chi connectivity index (χ0v) is 20.3. The molecule has 184 valence electrons. The first-order chi connectivity index (χ1) is 16.9. The minimum absolute atomic E-state index is 0.0196. The summed E-state index contributed by atoms with van der Waals surface area (Å²) in [6.07, 6.45) is 5.36. The fourth-order valence-electron chi connectivity index (χ4n) is 4.56. The van der Waals surface area contributed by atoms with Crippen molar-refractivity contribution in [3.8, 4) is 5.69 Å². The molecule has 8 nitrogen and oxygen atoms in total. The Kier molecular flexibility index (Phi) is 7.48. The van der Waals surface area contributed by atoms with Crippen LogP contribution < -0.4 is 21.9 Å². The maximum Gasteiger partial charge on any atom is 0.336 e. The van der Waals surface area contributed by atoms with Gasteiger partial charge in [0.2, 0.25) is 11.8 Å². The van der Waals surface area contributed by atoms with Gasteiger partial charge in [-0.15, -0.1) is 0 Å². The van der Waals surface area contributed by atoms with Crippen molar-refractivity contribution in [2.45, 2.75) is 71.0 Å². The highest BCUT2D eigenvalue weighted by molar-refractivity contribution is 5.82. The van der Waals surface area contributed by atoms with Crippen LogP contribution in [0.15, 0.2) is 58.1 Å². The monoisotopic (exact) mass is 476 g/mol. The molecule has 1 aliphatic rings. The summed E-state index contributed by atoms with van der Waals surface area (Å²) in [5.74, 6) is -0.317. The second kappa shape index (κ2) is 10.7. The predicted octanol–water partition coefficient (Wildman–Crippen LogP) is 2.67. The van der Waals surface area contributed by atoms with E-state index in [1.807, 2.05) is 13.8 Å². The van der Waals surface area contributed by atoms with Crippen molar-refractivity contribution in [3.05, 3.63) is 74.9 Å². The molecular formula is C27H32N4O4. The fraction of sp³-hybridized carbons (Fsp3) is 0.407. The zero-order valence-electron chi connectivity index (χ0n) is 20.3. The van der Waals surface area contributed by atoms with Crippen molar-refractivity contribution >= 4 is 22.7 Å². The van der Waals surface area contributed by atoms with Gasteiger partial charge in [0.05, 0.1) is 23.0 Å². The molecule has 1 atom stereocenters. The largest absolute Gasteiger partial charge is 0.353 e. The lowest BCUT2D eigenvalue weighted by atomic mass is 10.1. The maximum absolute atomic E-state index is 13.4. The number of amides is 2. The Bertz CT molecular complexity index is 1330. The van der Waals surface area contributed by atoms with E-state index in [0.29, 0.717) is 16.6 Å². The summed E-state index contributed by atoms with van der Waals surface area (Å²) in [5.41, 5.74) is 0.571.